The molecule has 1 aliphatic heterocycles. The molecule has 0 unspecified atom stereocenters. The molecule has 0 bridgehead atoms. The van der Waals surface area contributed by atoms with E-state index in [-0.39, 0.29) is 0 Å². The Hall–Kier alpha value is -0.450. The molecule has 1 rings (SSSR count). The van der Waals surface area contributed by atoms with Crippen molar-refractivity contribution < 1.29 is 4.79 Å². The molecule has 0 spiro atoms. The van der Waals surface area contributed by atoms with Crippen LogP contribution in [0.1, 0.15) is 26.7 Å². The van der Waals surface area contributed by atoms with Crippen LogP contribution >= 0.6 is 0 Å². The van der Waals surface area contributed by atoms with Gasteiger partial charge < -0.3 is 9.80 Å². The summed E-state index contributed by atoms with van der Waals surface area (Å²) in [7, 11) is 2.19. The lowest BCUT2D eigenvalue weighted by atomic mass is 10.2. The molecule has 18 heavy (non-hydrogen) atoms. The van der Waals surface area contributed by atoms with Crippen LogP contribution in [-0.2, 0) is 4.79 Å². The molecule has 0 aromatic rings. The fourth-order valence-electron chi connectivity index (χ4n) is 2.32. The highest BCUT2D eigenvalue weighted by Gasteiger charge is 2.14. The van der Waals surface area contributed by atoms with E-state index in [2.05, 4.69) is 28.7 Å². The Kier molecular flexibility index (Phi) is 7.47. The number of hydrogen-bond donors (Lipinski definition) is 0. The van der Waals surface area contributed by atoms with Gasteiger partial charge in [-0.15, -0.1) is 0 Å². The number of carbonyl (C=O) groups is 1. The molecule has 1 heterocycles. The SMILES string of the molecule is CCCN(CCC(C)=O)CCN1CCN(C)CC1. The molecular formula is C14H29N3O. The monoisotopic (exact) mass is 255 g/mol. The van der Waals surface area contributed by atoms with Gasteiger partial charge >= 0.3 is 0 Å². The van der Waals surface area contributed by atoms with Gasteiger partial charge in [-0.1, -0.05) is 6.92 Å². The second-order valence-electron chi connectivity index (χ2n) is 5.44. The predicted octanol–water partition coefficient (Wildman–Crippen LogP) is 0.925. The minimum absolute atomic E-state index is 0.302. The molecule has 0 atom stereocenters. The maximum atomic E-state index is 11.1. The summed E-state index contributed by atoms with van der Waals surface area (Å²) in [5, 5.41) is 0. The Bertz CT molecular complexity index is 237. The molecule has 0 saturated carbocycles. The van der Waals surface area contributed by atoms with E-state index in [4.69, 9.17) is 0 Å². The van der Waals surface area contributed by atoms with Crippen LogP contribution in [0, 0.1) is 0 Å². The molecule has 1 aliphatic rings. The highest BCUT2D eigenvalue weighted by atomic mass is 16.1. The predicted molar refractivity (Wildman–Crippen MR) is 76.0 cm³/mol. The second kappa shape index (κ2) is 8.62. The van der Waals surface area contributed by atoms with Gasteiger partial charge in [0.25, 0.3) is 0 Å². The van der Waals surface area contributed by atoms with Crippen molar-refractivity contribution in [3.8, 4) is 0 Å². The van der Waals surface area contributed by atoms with Crippen LogP contribution in [0.2, 0.25) is 0 Å². The number of piperazine rings is 1. The summed E-state index contributed by atoms with van der Waals surface area (Å²) in [6, 6.07) is 0. The zero-order valence-corrected chi connectivity index (χ0v) is 12.3. The minimum Gasteiger partial charge on any atom is -0.304 e. The number of nitrogens with zero attached hydrogens (tertiary/aromatic N) is 3. The summed E-state index contributed by atoms with van der Waals surface area (Å²) in [4.78, 5) is 18.4. The van der Waals surface area contributed by atoms with Gasteiger partial charge in [-0.05, 0) is 26.9 Å². The van der Waals surface area contributed by atoms with Crippen LogP contribution in [0.25, 0.3) is 0 Å². The van der Waals surface area contributed by atoms with Crippen molar-refractivity contribution in [2.24, 2.45) is 0 Å². The van der Waals surface area contributed by atoms with Crippen molar-refractivity contribution in [1.29, 1.82) is 0 Å². The quantitative estimate of drug-likeness (QED) is 0.644. The smallest absolute Gasteiger partial charge is 0.131 e. The first-order valence-corrected chi connectivity index (χ1v) is 7.24. The second-order valence-corrected chi connectivity index (χ2v) is 5.44. The molecular weight excluding hydrogens is 226 g/mol. The molecule has 1 saturated heterocycles. The number of hydrogen-bond acceptors (Lipinski definition) is 4. The van der Waals surface area contributed by atoms with E-state index in [1.807, 2.05) is 0 Å². The van der Waals surface area contributed by atoms with E-state index < -0.39 is 0 Å². The maximum absolute atomic E-state index is 11.1. The van der Waals surface area contributed by atoms with Gasteiger partial charge in [-0.25, -0.2) is 0 Å². The normalized spacial score (nSPS) is 18.4. The zero-order chi connectivity index (χ0) is 13.4. The molecule has 106 valence electrons. The molecule has 4 heteroatoms. The van der Waals surface area contributed by atoms with E-state index in [9.17, 15) is 4.79 Å². The van der Waals surface area contributed by atoms with Crippen molar-refractivity contribution in [2.75, 3.05) is 59.4 Å². The average molecular weight is 255 g/mol. The number of Topliss-reactive ketones (excluding diaryl/α,β-unsaturated/α-hetero) is 1. The van der Waals surface area contributed by atoms with Crippen LogP contribution in [0.5, 0.6) is 0 Å². The van der Waals surface area contributed by atoms with E-state index >= 15 is 0 Å². The first kappa shape index (κ1) is 15.6. The molecule has 1 fully saturated rings. The van der Waals surface area contributed by atoms with Gasteiger partial charge in [0.05, 0.1) is 0 Å². The Labute approximate surface area is 112 Å². The van der Waals surface area contributed by atoms with E-state index in [1.165, 1.54) is 32.6 Å². The molecule has 0 amide bonds. The fraction of sp³-hybridized carbons (Fsp3) is 0.929. The average Bonchev–Trinajstić information content (AvgIpc) is 2.34. The first-order valence-electron chi connectivity index (χ1n) is 7.24. The largest absolute Gasteiger partial charge is 0.304 e. The highest BCUT2D eigenvalue weighted by molar-refractivity contribution is 5.75. The van der Waals surface area contributed by atoms with Crippen LogP contribution in [0.4, 0.5) is 0 Å². The molecule has 4 nitrogen and oxygen atoms in total. The number of ketones is 1. The lowest BCUT2D eigenvalue weighted by Gasteiger charge is -2.33. The summed E-state index contributed by atoms with van der Waals surface area (Å²) in [6.07, 6.45) is 1.86. The third-order valence-corrected chi connectivity index (χ3v) is 3.65. The molecule has 0 aromatic heterocycles. The summed E-state index contributed by atoms with van der Waals surface area (Å²) in [5.41, 5.74) is 0. The molecule has 0 aromatic carbocycles. The van der Waals surface area contributed by atoms with E-state index in [0.29, 0.717) is 12.2 Å². The Balaban J connectivity index is 2.21. The topological polar surface area (TPSA) is 26.8 Å². The van der Waals surface area contributed by atoms with Crippen LogP contribution in [0.15, 0.2) is 0 Å². The van der Waals surface area contributed by atoms with Gasteiger partial charge in [0.1, 0.15) is 5.78 Å². The van der Waals surface area contributed by atoms with Crippen molar-refractivity contribution in [1.82, 2.24) is 14.7 Å². The third-order valence-electron chi connectivity index (χ3n) is 3.65. The number of likely N-dealkylation sites (N-methyl/N-ethyl adjacent to an activating group) is 1. The molecule has 0 aliphatic carbocycles. The van der Waals surface area contributed by atoms with Gasteiger partial charge in [-0.2, -0.15) is 0 Å². The lowest BCUT2D eigenvalue weighted by Crippen LogP contribution is -2.47. The first-order chi connectivity index (χ1) is 8.61. The summed E-state index contributed by atoms with van der Waals surface area (Å²) < 4.78 is 0. The fourth-order valence-corrected chi connectivity index (χ4v) is 2.32. The van der Waals surface area contributed by atoms with Crippen molar-refractivity contribution in [3.05, 3.63) is 0 Å². The van der Waals surface area contributed by atoms with Crippen LogP contribution in [-0.4, -0.2) is 79.9 Å². The Morgan fingerprint density at radius 2 is 1.78 bits per heavy atom. The van der Waals surface area contributed by atoms with Gasteiger partial charge in [0.15, 0.2) is 0 Å². The summed E-state index contributed by atoms with van der Waals surface area (Å²) in [6.45, 7) is 12.9. The van der Waals surface area contributed by atoms with Crippen molar-refractivity contribution in [3.63, 3.8) is 0 Å². The standard InChI is InChI=1S/C14H29N3O/c1-4-6-16(7-5-14(2)18)12-13-17-10-8-15(3)9-11-17/h4-13H2,1-3H3. The Morgan fingerprint density at radius 3 is 2.33 bits per heavy atom. The zero-order valence-electron chi connectivity index (χ0n) is 12.3. The number of rotatable bonds is 8. The van der Waals surface area contributed by atoms with Crippen molar-refractivity contribution in [2.45, 2.75) is 26.7 Å². The van der Waals surface area contributed by atoms with Crippen molar-refractivity contribution >= 4 is 5.78 Å². The number of carbonyl (C=O) groups excluding carboxylic acids is 1. The van der Waals surface area contributed by atoms with Gasteiger partial charge in [-0.3, -0.25) is 9.69 Å². The maximum Gasteiger partial charge on any atom is 0.131 e. The summed E-state index contributed by atoms with van der Waals surface area (Å²) >= 11 is 0. The molecule has 0 N–H and O–H groups in total. The third kappa shape index (κ3) is 6.47. The van der Waals surface area contributed by atoms with E-state index in [1.54, 1.807) is 6.92 Å². The molecule has 0 radical (unpaired) electrons. The highest BCUT2D eigenvalue weighted by Crippen LogP contribution is 2.01. The minimum atomic E-state index is 0.302. The van der Waals surface area contributed by atoms with Gasteiger partial charge in [0.2, 0.25) is 0 Å². The summed E-state index contributed by atoms with van der Waals surface area (Å²) in [5.74, 6) is 0.302. The Morgan fingerprint density at radius 1 is 1.11 bits per heavy atom. The van der Waals surface area contributed by atoms with Crippen LogP contribution < -0.4 is 0 Å². The van der Waals surface area contributed by atoms with Crippen LogP contribution in [0.3, 0.4) is 0 Å². The van der Waals surface area contributed by atoms with Gasteiger partial charge in [0, 0.05) is 52.2 Å². The van der Waals surface area contributed by atoms with E-state index in [0.717, 1.165) is 26.2 Å². The lowest BCUT2D eigenvalue weighted by molar-refractivity contribution is -0.117.